The van der Waals surface area contributed by atoms with E-state index < -0.39 is 6.10 Å². The predicted molar refractivity (Wildman–Crippen MR) is 114 cm³/mol. The molecular weight excluding hydrogens is 362 g/mol. The van der Waals surface area contributed by atoms with E-state index in [9.17, 15) is 9.90 Å². The second-order valence-corrected chi connectivity index (χ2v) is 7.93. The van der Waals surface area contributed by atoms with Crippen LogP contribution in [-0.4, -0.2) is 39.2 Å². The Morgan fingerprint density at radius 1 is 1.14 bits per heavy atom. The van der Waals surface area contributed by atoms with Crippen molar-refractivity contribution in [3.63, 3.8) is 0 Å². The standard InChI is InChI=1S/C24H27N3O2/c1-17-6-5-9-19(12-17)14-23-25-22-10-11-27(16-21(22)24(29)26-23)15-20(28)13-18-7-3-2-4-8-18/h2-9,12,20,28H,10-11,13-16H2,1H3,(H,25,26,29). The van der Waals surface area contributed by atoms with Crippen LogP contribution in [0.1, 0.15) is 33.8 Å². The van der Waals surface area contributed by atoms with Crippen molar-refractivity contribution in [2.75, 3.05) is 13.1 Å². The summed E-state index contributed by atoms with van der Waals surface area (Å²) in [4.78, 5) is 22.5. The molecule has 150 valence electrons. The van der Waals surface area contributed by atoms with Crippen LogP contribution in [0.3, 0.4) is 0 Å². The lowest BCUT2D eigenvalue weighted by Gasteiger charge is -2.29. The van der Waals surface area contributed by atoms with Gasteiger partial charge in [-0.05, 0) is 24.5 Å². The third-order valence-corrected chi connectivity index (χ3v) is 5.43. The number of aromatic nitrogens is 2. The number of hydrogen-bond acceptors (Lipinski definition) is 4. The van der Waals surface area contributed by atoms with E-state index in [1.807, 2.05) is 36.4 Å². The molecule has 2 heterocycles. The summed E-state index contributed by atoms with van der Waals surface area (Å²) in [5.41, 5.74) is 5.04. The molecule has 1 aliphatic rings. The first kappa shape index (κ1) is 19.6. The molecular formula is C24H27N3O2. The van der Waals surface area contributed by atoms with E-state index in [2.05, 4.69) is 35.0 Å². The maximum absolute atomic E-state index is 12.7. The fourth-order valence-corrected chi connectivity index (χ4v) is 4.04. The number of fused-ring (bicyclic) bond motifs is 1. The molecule has 1 aromatic heterocycles. The molecule has 1 atom stereocenters. The van der Waals surface area contributed by atoms with Gasteiger partial charge in [-0.1, -0.05) is 60.2 Å². The zero-order chi connectivity index (χ0) is 20.2. The van der Waals surface area contributed by atoms with Gasteiger partial charge in [0, 0.05) is 32.5 Å². The lowest BCUT2D eigenvalue weighted by molar-refractivity contribution is 0.105. The number of aliphatic hydroxyl groups is 1. The van der Waals surface area contributed by atoms with Crippen LogP contribution >= 0.6 is 0 Å². The third-order valence-electron chi connectivity index (χ3n) is 5.43. The molecule has 0 fully saturated rings. The molecule has 0 aliphatic carbocycles. The summed E-state index contributed by atoms with van der Waals surface area (Å²) in [6.07, 6.45) is 1.53. The molecule has 4 rings (SSSR count). The van der Waals surface area contributed by atoms with E-state index >= 15 is 0 Å². The van der Waals surface area contributed by atoms with Crippen molar-refractivity contribution in [1.29, 1.82) is 0 Å². The number of nitrogens with zero attached hydrogens (tertiary/aromatic N) is 2. The molecule has 29 heavy (non-hydrogen) atoms. The largest absolute Gasteiger partial charge is 0.391 e. The molecule has 2 aromatic carbocycles. The second kappa shape index (κ2) is 8.72. The van der Waals surface area contributed by atoms with Gasteiger partial charge in [-0.2, -0.15) is 0 Å². The topological polar surface area (TPSA) is 69.2 Å². The molecule has 0 radical (unpaired) electrons. The van der Waals surface area contributed by atoms with Crippen molar-refractivity contribution in [3.05, 3.63) is 98.7 Å². The van der Waals surface area contributed by atoms with Crippen LogP contribution < -0.4 is 5.56 Å². The summed E-state index contributed by atoms with van der Waals surface area (Å²) in [6.45, 7) is 3.96. The molecule has 1 unspecified atom stereocenters. The van der Waals surface area contributed by atoms with Gasteiger partial charge in [-0.3, -0.25) is 9.69 Å². The monoisotopic (exact) mass is 389 g/mol. The van der Waals surface area contributed by atoms with Crippen molar-refractivity contribution < 1.29 is 5.11 Å². The van der Waals surface area contributed by atoms with Crippen LogP contribution in [-0.2, 0) is 25.8 Å². The van der Waals surface area contributed by atoms with Gasteiger partial charge in [0.2, 0.25) is 0 Å². The maximum atomic E-state index is 12.7. The second-order valence-electron chi connectivity index (χ2n) is 7.93. The number of hydrogen-bond donors (Lipinski definition) is 2. The van der Waals surface area contributed by atoms with Gasteiger partial charge >= 0.3 is 0 Å². The molecule has 5 heteroatoms. The Labute approximate surface area is 171 Å². The first-order valence-corrected chi connectivity index (χ1v) is 10.2. The van der Waals surface area contributed by atoms with Gasteiger partial charge in [-0.25, -0.2) is 4.98 Å². The van der Waals surface area contributed by atoms with Crippen LogP contribution in [0.15, 0.2) is 59.4 Å². The minimum absolute atomic E-state index is 0.0556. The van der Waals surface area contributed by atoms with Crippen molar-refractivity contribution in [2.24, 2.45) is 0 Å². The number of rotatable bonds is 6. The Morgan fingerprint density at radius 2 is 1.93 bits per heavy atom. The van der Waals surface area contributed by atoms with E-state index in [0.717, 1.165) is 41.2 Å². The van der Waals surface area contributed by atoms with Crippen LogP contribution in [0.4, 0.5) is 0 Å². The zero-order valence-corrected chi connectivity index (χ0v) is 16.8. The summed E-state index contributed by atoms with van der Waals surface area (Å²) < 4.78 is 0. The Kier molecular flexibility index (Phi) is 5.88. The molecule has 0 saturated carbocycles. The van der Waals surface area contributed by atoms with Gasteiger partial charge < -0.3 is 10.1 Å². The smallest absolute Gasteiger partial charge is 0.255 e. The minimum atomic E-state index is -0.452. The number of benzene rings is 2. The highest BCUT2D eigenvalue weighted by Gasteiger charge is 2.23. The summed E-state index contributed by atoms with van der Waals surface area (Å²) in [7, 11) is 0. The number of aromatic amines is 1. The molecule has 0 bridgehead atoms. The van der Waals surface area contributed by atoms with E-state index in [1.165, 1.54) is 5.56 Å². The predicted octanol–water partition coefficient (Wildman–Crippen LogP) is 2.63. The lowest BCUT2D eigenvalue weighted by atomic mass is 10.0. The number of H-pyrrole nitrogens is 1. The Bertz CT molecular complexity index is 1030. The summed E-state index contributed by atoms with van der Waals surface area (Å²) in [5.74, 6) is 0.719. The highest BCUT2D eigenvalue weighted by Crippen LogP contribution is 2.16. The van der Waals surface area contributed by atoms with Crippen molar-refractivity contribution >= 4 is 0 Å². The van der Waals surface area contributed by atoms with Gasteiger partial charge in [0.15, 0.2) is 0 Å². The highest BCUT2D eigenvalue weighted by molar-refractivity contribution is 5.27. The Hall–Kier alpha value is -2.76. The van der Waals surface area contributed by atoms with Gasteiger partial charge in [0.1, 0.15) is 5.82 Å². The molecule has 5 nitrogen and oxygen atoms in total. The SMILES string of the molecule is Cc1cccc(Cc2nc3c(c(=O)[nH]2)CN(CC(O)Cc2ccccc2)CC3)c1. The molecule has 0 spiro atoms. The average molecular weight is 389 g/mol. The Morgan fingerprint density at radius 3 is 2.72 bits per heavy atom. The van der Waals surface area contributed by atoms with E-state index in [-0.39, 0.29) is 5.56 Å². The van der Waals surface area contributed by atoms with E-state index in [1.54, 1.807) is 0 Å². The number of aliphatic hydroxyl groups excluding tert-OH is 1. The summed E-state index contributed by atoms with van der Waals surface area (Å²) >= 11 is 0. The lowest BCUT2D eigenvalue weighted by Crippen LogP contribution is -2.40. The first-order valence-electron chi connectivity index (χ1n) is 10.2. The molecule has 0 saturated heterocycles. The van der Waals surface area contributed by atoms with Crippen LogP contribution in [0.25, 0.3) is 0 Å². The molecule has 0 amide bonds. The van der Waals surface area contributed by atoms with Crippen LogP contribution in [0.5, 0.6) is 0 Å². The third kappa shape index (κ3) is 5.00. The van der Waals surface area contributed by atoms with Crippen molar-refractivity contribution in [1.82, 2.24) is 14.9 Å². The average Bonchev–Trinajstić information content (AvgIpc) is 2.69. The van der Waals surface area contributed by atoms with E-state index in [4.69, 9.17) is 4.98 Å². The fraction of sp³-hybridized carbons (Fsp3) is 0.333. The van der Waals surface area contributed by atoms with Crippen LogP contribution in [0, 0.1) is 6.92 Å². The maximum Gasteiger partial charge on any atom is 0.255 e. The molecule has 1 aliphatic heterocycles. The molecule has 2 N–H and O–H groups in total. The number of β-amino-alcohol motifs (C(OH)–C–C–N with tert-alkyl or cyclic N) is 1. The minimum Gasteiger partial charge on any atom is -0.391 e. The quantitative estimate of drug-likeness (QED) is 0.680. The molecule has 3 aromatic rings. The van der Waals surface area contributed by atoms with Gasteiger partial charge in [-0.15, -0.1) is 0 Å². The first-order chi connectivity index (χ1) is 14.1. The van der Waals surface area contributed by atoms with Gasteiger partial charge in [0.25, 0.3) is 5.56 Å². The Balaban J connectivity index is 1.42. The number of aryl methyl sites for hydroxylation is 1. The summed E-state index contributed by atoms with van der Waals surface area (Å²) in [5, 5.41) is 10.5. The summed E-state index contributed by atoms with van der Waals surface area (Å²) in [6, 6.07) is 18.3. The van der Waals surface area contributed by atoms with Crippen LogP contribution in [0.2, 0.25) is 0 Å². The van der Waals surface area contributed by atoms with Gasteiger partial charge in [0.05, 0.1) is 17.4 Å². The highest BCUT2D eigenvalue weighted by atomic mass is 16.3. The van der Waals surface area contributed by atoms with E-state index in [0.29, 0.717) is 25.9 Å². The number of nitrogens with one attached hydrogen (secondary N) is 1. The normalized spacial score (nSPS) is 15.1. The zero-order valence-electron chi connectivity index (χ0n) is 16.8. The van der Waals surface area contributed by atoms with Crippen molar-refractivity contribution in [2.45, 2.75) is 38.8 Å². The van der Waals surface area contributed by atoms with Crippen molar-refractivity contribution in [3.8, 4) is 0 Å². The fourth-order valence-electron chi connectivity index (χ4n) is 4.04.